The van der Waals surface area contributed by atoms with Gasteiger partial charge in [-0.25, -0.2) is 14.8 Å². The monoisotopic (exact) mass is 491 g/mol. The second-order valence-electron chi connectivity index (χ2n) is 7.89. The molecule has 1 aliphatic heterocycles. The summed E-state index contributed by atoms with van der Waals surface area (Å²) in [5.74, 6) is -1.09. The number of carbonyl (C=O) groups is 2. The lowest BCUT2D eigenvalue weighted by Gasteiger charge is -2.38. The average Bonchev–Trinajstić information content (AvgIpc) is 3.41. The Hall–Kier alpha value is -2.69. The number of imidazole rings is 1. The zero-order valence-corrected chi connectivity index (χ0v) is 20.0. The third kappa shape index (κ3) is 4.97. The normalized spacial score (nSPS) is 18.6. The molecule has 0 spiro atoms. The minimum Gasteiger partial charge on any atom is -0.478 e. The number of carbonyl (C=O) groups excluding carboxylic acids is 1. The summed E-state index contributed by atoms with van der Waals surface area (Å²) in [6, 6.07) is 4.92. The molecular weight excluding hydrogens is 466 g/mol. The molecule has 9 nitrogen and oxygen atoms in total. The highest BCUT2D eigenvalue weighted by molar-refractivity contribution is 7.22. The smallest absolute Gasteiger partial charge is 0.337 e. The molecule has 2 atom stereocenters. The molecule has 1 saturated heterocycles. The lowest BCUT2D eigenvalue weighted by atomic mass is 10.0. The van der Waals surface area contributed by atoms with E-state index in [2.05, 4.69) is 25.2 Å². The highest BCUT2D eigenvalue weighted by Crippen LogP contribution is 2.33. The molecule has 1 aromatic carbocycles. The van der Waals surface area contributed by atoms with Crippen molar-refractivity contribution >= 4 is 50.2 Å². The predicted molar refractivity (Wildman–Crippen MR) is 128 cm³/mol. The fourth-order valence-electron chi connectivity index (χ4n) is 3.90. The van der Waals surface area contributed by atoms with Crippen molar-refractivity contribution in [2.24, 2.45) is 0 Å². The molecule has 0 bridgehead atoms. The second kappa shape index (κ2) is 10.1. The van der Waals surface area contributed by atoms with Gasteiger partial charge in [0.05, 0.1) is 33.6 Å². The molecule has 1 amide bonds. The van der Waals surface area contributed by atoms with Crippen LogP contribution >= 0.6 is 22.9 Å². The largest absolute Gasteiger partial charge is 0.478 e. The van der Waals surface area contributed by atoms with E-state index in [9.17, 15) is 14.7 Å². The van der Waals surface area contributed by atoms with Gasteiger partial charge in [0.1, 0.15) is 0 Å². The Balaban J connectivity index is 1.51. The summed E-state index contributed by atoms with van der Waals surface area (Å²) in [4.78, 5) is 38.2. The van der Waals surface area contributed by atoms with E-state index in [4.69, 9.17) is 16.3 Å². The van der Waals surface area contributed by atoms with Crippen LogP contribution in [0.3, 0.4) is 0 Å². The number of H-pyrrole nitrogens is 1. The fourth-order valence-corrected chi connectivity index (χ4v) is 5.27. The topological polar surface area (TPSA) is 120 Å². The summed E-state index contributed by atoms with van der Waals surface area (Å²) in [7, 11) is 0. The Morgan fingerprint density at radius 1 is 1.36 bits per heavy atom. The van der Waals surface area contributed by atoms with E-state index >= 15 is 0 Å². The summed E-state index contributed by atoms with van der Waals surface area (Å²) in [5.41, 5.74) is 1.64. The molecule has 3 aromatic rings. The number of anilines is 1. The SMILES string of the molecule is CCCO[C@@H]1CN(c2nc3cccc(C(=O)O)c3s2)CC[C@@H]1NC(=O)c1nc(Cl)c(CC)[nH]1. The summed E-state index contributed by atoms with van der Waals surface area (Å²) < 4.78 is 6.74. The molecule has 0 unspecified atom stereocenters. The molecule has 2 aromatic heterocycles. The quantitative estimate of drug-likeness (QED) is 0.439. The van der Waals surface area contributed by atoms with Gasteiger partial charge in [0.2, 0.25) is 0 Å². The van der Waals surface area contributed by atoms with Crippen LogP contribution in [0, 0.1) is 0 Å². The van der Waals surface area contributed by atoms with Gasteiger partial charge in [-0.2, -0.15) is 0 Å². The number of halogens is 1. The Labute approximate surface area is 200 Å². The first-order chi connectivity index (χ1) is 15.9. The lowest BCUT2D eigenvalue weighted by molar-refractivity contribution is 0.0204. The number of carboxylic acid groups (broad SMARTS) is 1. The van der Waals surface area contributed by atoms with Crippen LogP contribution in [0.4, 0.5) is 5.13 Å². The van der Waals surface area contributed by atoms with Crippen molar-refractivity contribution in [1.29, 1.82) is 0 Å². The van der Waals surface area contributed by atoms with Gasteiger partial charge in [-0.05, 0) is 31.4 Å². The van der Waals surface area contributed by atoms with Crippen LogP contribution in [-0.4, -0.2) is 63.8 Å². The molecule has 0 saturated carbocycles. The minimum absolute atomic E-state index is 0.195. The van der Waals surface area contributed by atoms with Crippen LogP contribution in [-0.2, 0) is 11.2 Å². The van der Waals surface area contributed by atoms with E-state index in [1.54, 1.807) is 12.1 Å². The molecule has 3 heterocycles. The van der Waals surface area contributed by atoms with E-state index in [0.29, 0.717) is 47.9 Å². The van der Waals surface area contributed by atoms with Crippen molar-refractivity contribution in [3.05, 3.63) is 40.4 Å². The molecule has 0 aliphatic carbocycles. The maximum Gasteiger partial charge on any atom is 0.337 e. The Morgan fingerprint density at radius 2 is 2.18 bits per heavy atom. The summed E-state index contributed by atoms with van der Waals surface area (Å²) in [5, 5.41) is 13.6. The number of amides is 1. The molecule has 11 heteroatoms. The van der Waals surface area contributed by atoms with Gasteiger partial charge in [-0.3, -0.25) is 4.79 Å². The zero-order chi connectivity index (χ0) is 23.5. The van der Waals surface area contributed by atoms with Crippen molar-refractivity contribution in [2.45, 2.75) is 45.3 Å². The van der Waals surface area contributed by atoms with Gasteiger partial charge >= 0.3 is 5.97 Å². The Bertz CT molecular complexity index is 1160. The van der Waals surface area contributed by atoms with Crippen molar-refractivity contribution < 1.29 is 19.4 Å². The van der Waals surface area contributed by atoms with Crippen LogP contribution in [0.15, 0.2) is 18.2 Å². The molecular formula is C22H26ClN5O4S. The lowest BCUT2D eigenvalue weighted by Crippen LogP contribution is -2.55. The number of hydrogen-bond donors (Lipinski definition) is 3. The van der Waals surface area contributed by atoms with Crippen molar-refractivity contribution in [3.63, 3.8) is 0 Å². The van der Waals surface area contributed by atoms with Crippen LogP contribution < -0.4 is 10.2 Å². The van der Waals surface area contributed by atoms with Crippen LogP contribution in [0.1, 0.15) is 53.4 Å². The van der Waals surface area contributed by atoms with Gasteiger partial charge in [0, 0.05) is 19.7 Å². The number of carboxylic acids is 1. The Morgan fingerprint density at radius 3 is 2.88 bits per heavy atom. The number of rotatable bonds is 8. The Kier molecular flexibility index (Phi) is 7.16. The predicted octanol–water partition coefficient (Wildman–Crippen LogP) is 3.74. The zero-order valence-electron chi connectivity index (χ0n) is 18.4. The van der Waals surface area contributed by atoms with E-state index < -0.39 is 5.97 Å². The van der Waals surface area contributed by atoms with Crippen LogP contribution in [0.5, 0.6) is 0 Å². The maximum atomic E-state index is 12.8. The number of aromatic amines is 1. The number of aryl methyl sites for hydroxylation is 1. The summed E-state index contributed by atoms with van der Waals surface area (Å²) in [6.45, 7) is 5.73. The standard InChI is InChI=1S/C22H26ClN5O4S/c1-3-10-32-16-11-28(22-26-15-7-5-6-12(21(30)31)17(15)33-22)9-8-14(16)25-20(29)19-24-13(4-2)18(23)27-19/h5-7,14,16H,3-4,8-11H2,1-2H3,(H,24,27)(H,25,29)(H,30,31)/t14-,16+/m0/s1. The van der Waals surface area contributed by atoms with Crippen molar-refractivity contribution in [1.82, 2.24) is 20.3 Å². The summed E-state index contributed by atoms with van der Waals surface area (Å²) >= 11 is 7.45. The number of piperidine rings is 1. The number of nitrogens with zero attached hydrogens (tertiary/aromatic N) is 3. The fraction of sp³-hybridized carbons (Fsp3) is 0.455. The number of benzene rings is 1. The third-order valence-electron chi connectivity index (χ3n) is 5.61. The number of nitrogens with one attached hydrogen (secondary N) is 2. The number of thiazole rings is 1. The first-order valence-electron chi connectivity index (χ1n) is 11.0. The molecule has 4 rings (SSSR count). The van der Waals surface area contributed by atoms with E-state index in [-0.39, 0.29) is 29.4 Å². The van der Waals surface area contributed by atoms with Crippen LogP contribution in [0.25, 0.3) is 10.2 Å². The summed E-state index contributed by atoms with van der Waals surface area (Å²) in [6.07, 6.45) is 1.92. The highest BCUT2D eigenvalue weighted by atomic mass is 35.5. The molecule has 33 heavy (non-hydrogen) atoms. The van der Waals surface area contributed by atoms with Crippen molar-refractivity contribution in [2.75, 3.05) is 24.6 Å². The maximum absolute atomic E-state index is 12.8. The van der Waals surface area contributed by atoms with Gasteiger partial charge in [-0.1, -0.05) is 42.9 Å². The molecule has 0 radical (unpaired) electrons. The molecule has 3 N–H and O–H groups in total. The van der Waals surface area contributed by atoms with Crippen molar-refractivity contribution in [3.8, 4) is 0 Å². The van der Waals surface area contributed by atoms with Crippen LogP contribution in [0.2, 0.25) is 5.15 Å². The minimum atomic E-state index is -0.967. The number of aromatic carboxylic acids is 1. The van der Waals surface area contributed by atoms with Gasteiger partial charge in [0.25, 0.3) is 5.91 Å². The van der Waals surface area contributed by atoms with Gasteiger partial charge in [0.15, 0.2) is 16.1 Å². The van der Waals surface area contributed by atoms with E-state index in [1.807, 2.05) is 19.9 Å². The molecule has 1 aliphatic rings. The van der Waals surface area contributed by atoms with E-state index in [1.165, 1.54) is 11.3 Å². The highest BCUT2D eigenvalue weighted by Gasteiger charge is 2.33. The number of fused-ring (bicyclic) bond motifs is 1. The van der Waals surface area contributed by atoms with Gasteiger partial charge in [-0.15, -0.1) is 0 Å². The first-order valence-corrected chi connectivity index (χ1v) is 12.1. The average molecular weight is 492 g/mol. The number of ether oxygens (including phenoxy) is 1. The molecule has 1 fully saturated rings. The van der Waals surface area contributed by atoms with E-state index in [0.717, 1.165) is 17.2 Å². The second-order valence-corrected chi connectivity index (χ2v) is 9.22. The van der Waals surface area contributed by atoms with Gasteiger partial charge < -0.3 is 25.0 Å². The molecule has 176 valence electrons. The number of aromatic nitrogens is 3. The number of hydrogen-bond acceptors (Lipinski definition) is 7. The first kappa shape index (κ1) is 23.5. The third-order valence-corrected chi connectivity index (χ3v) is 7.09.